The van der Waals surface area contributed by atoms with Crippen LogP contribution in [0.5, 0.6) is 0 Å². The second-order valence-corrected chi connectivity index (χ2v) is 9.45. The Morgan fingerprint density at radius 2 is 1.43 bits per heavy atom. The number of halogens is 2. The van der Waals surface area contributed by atoms with Crippen molar-refractivity contribution in [1.29, 1.82) is 0 Å². The van der Waals surface area contributed by atoms with Crippen LogP contribution in [0.25, 0.3) is 22.3 Å². The summed E-state index contributed by atoms with van der Waals surface area (Å²) in [5, 5.41) is 0. The first-order chi connectivity index (χ1) is 18.1. The minimum Gasteiger partial charge on any atom is -0.293 e. The molecule has 0 spiro atoms. The lowest BCUT2D eigenvalue weighted by atomic mass is 9.91. The zero-order valence-corrected chi connectivity index (χ0v) is 22.0. The molecule has 5 heteroatoms. The number of unbranched alkanes of at least 4 members (excludes halogenated alkanes) is 7. The Hall–Kier alpha value is -3.05. The van der Waals surface area contributed by atoms with Gasteiger partial charge in [0, 0.05) is 11.1 Å². The maximum Gasteiger partial charge on any atom is 0.376 e. The van der Waals surface area contributed by atoms with E-state index in [1.165, 1.54) is 31.4 Å². The van der Waals surface area contributed by atoms with Crippen LogP contribution in [0.4, 0.5) is 8.78 Å². The van der Waals surface area contributed by atoms with E-state index in [-0.39, 0.29) is 23.3 Å². The van der Waals surface area contributed by atoms with E-state index in [1.54, 1.807) is 12.1 Å². The van der Waals surface area contributed by atoms with Crippen LogP contribution in [-0.2, 0) is 16.2 Å². The molecule has 0 atom stereocenters. The summed E-state index contributed by atoms with van der Waals surface area (Å²) in [6, 6.07) is 17.1. The van der Waals surface area contributed by atoms with Gasteiger partial charge < -0.3 is 0 Å². The van der Waals surface area contributed by atoms with E-state index in [9.17, 15) is 4.79 Å². The molecule has 198 valence electrons. The van der Waals surface area contributed by atoms with Gasteiger partial charge in [-0.3, -0.25) is 4.89 Å². The van der Waals surface area contributed by atoms with Gasteiger partial charge in [0.25, 0.3) is 0 Å². The second kappa shape index (κ2) is 15.3. The first kappa shape index (κ1) is 28.5. The Morgan fingerprint density at radius 3 is 2.14 bits per heavy atom. The van der Waals surface area contributed by atoms with Gasteiger partial charge in [0.1, 0.15) is 11.6 Å². The van der Waals surface area contributed by atoms with Crippen LogP contribution in [-0.4, -0.2) is 12.6 Å². The van der Waals surface area contributed by atoms with Crippen LogP contribution in [0.3, 0.4) is 0 Å². The van der Waals surface area contributed by atoms with Crippen molar-refractivity contribution in [2.75, 3.05) is 6.61 Å². The molecule has 3 aromatic carbocycles. The molecule has 0 N–H and O–H groups in total. The number of carbonyl (C=O) groups excluding carboxylic acids is 1. The standard InChI is InChI=1S/C32H38F2O3/c1-3-5-7-9-11-15-24-18-19-27(29(33)23-24)30-26(25-16-12-10-13-17-25)20-21-28(31(30)34)32(35)37-36-22-14-8-6-4-2/h10,12-13,16-21,23H,3-9,11,14-15,22H2,1-2H3. The largest absolute Gasteiger partial charge is 0.376 e. The summed E-state index contributed by atoms with van der Waals surface area (Å²) in [6.45, 7) is 4.52. The average Bonchev–Trinajstić information content (AvgIpc) is 2.91. The van der Waals surface area contributed by atoms with Gasteiger partial charge in [0.2, 0.25) is 0 Å². The van der Waals surface area contributed by atoms with E-state index >= 15 is 8.78 Å². The molecule has 0 aliphatic rings. The fraction of sp³-hybridized carbons (Fsp3) is 0.406. The zero-order valence-electron chi connectivity index (χ0n) is 22.0. The number of rotatable bonds is 15. The first-order valence-electron chi connectivity index (χ1n) is 13.6. The van der Waals surface area contributed by atoms with Crippen molar-refractivity contribution in [2.45, 2.75) is 78.1 Å². The highest BCUT2D eigenvalue weighted by atomic mass is 19.1. The average molecular weight is 509 g/mol. The molecule has 0 aliphatic heterocycles. The van der Waals surface area contributed by atoms with Gasteiger partial charge in [-0.1, -0.05) is 107 Å². The van der Waals surface area contributed by atoms with Crippen LogP contribution >= 0.6 is 0 Å². The van der Waals surface area contributed by atoms with E-state index < -0.39 is 17.6 Å². The van der Waals surface area contributed by atoms with Crippen LogP contribution in [0.15, 0.2) is 60.7 Å². The van der Waals surface area contributed by atoms with Gasteiger partial charge in [0.05, 0.1) is 12.2 Å². The molecule has 3 rings (SSSR count). The van der Waals surface area contributed by atoms with E-state index in [1.807, 2.05) is 36.4 Å². The third kappa shape index (κ3) is 8.22. The number of carbonyl (C=O) groups is 1. The summed E-state index contributed by atoms with van der Waals surface area (Å²) >= 11 is 0. The summed E-state index contributed by atoms with van der Waals surface area (Å²) in [5.41, 5.74) is 1.97. The molecule has 0 aliphatic carbocycles. The molecule has 0 amide bonds. The van der Waals surface area contributed by atoms with Crippen LogP contribution in [0, 0.1) is 11.6 Å². The summed E-state index contributed by atoms with van der Waals surface area (Å²) in [6.07, 6.45) is 10.3. The summed E-state index contributed by atoms with van der Waals surface area (Å²) < 4.78 is 31.3. The van der Waals surface area contributed by atoms with Gasteiger partial charge >= 0.3 is 5.97 Å². The maximum absolute atomic E-state index is 15.9. The van der Waals surface area contributed by atoms with Gasteiger partial charge in [-0.15, -0.1) is 0 Å². The molecular weight excluding hydrogens is 470 g/mol. The van der Waals surface area contributed by atoms with Crippen molar-refractivity contribution in [3.05, 3.63) is 83.4 Å². The highest BCUT2D eigenvalue weighted by Crippen LogP contribution is 2.37. The summed E-state index contributed by atoms with van der Waals surface area (Å²) in [5.74, 6) is -2.27. The van der Waals surface area contributed by atoms with E-state index in [0.717, 1.165) is 56.1 Å². The minimum atomic E-state index is -0.932. The predicted octanol–water partition coefficient (Wildman–Crippen LogP) is 9.48. The minimum absolute atomic E-state index is 0.0376. The predicted molar refractivity (Wildman–Crippen MR) is 145 cm³/mol. The van der Waals surface area contributed by atoms with Gasteiger partial charge in [-0.05, 0) is 48.1 Å². The van der Waals surface area contributed by atoms with Crippen molar-refractivity contribution in [1.82, 2.24) is 0 Å². The lowest BCUT2D eigenvalue weighted by Crippen LogP contribution is -2.10. The third-order valence-corrected chi connectivity index (χ3v) is 6.53. The molecule has 0 radical (unpaired) electrons. The van der Waals surface area contributed by atoms with Crippen LogP contribution in [0.2, 0.25) is 0 Å². The Morgan fingerprint density at radius 1 is 0.757 bits per heavy atom. The topological polar surface area (TPSA) is 35.5 Å². The van der Waals surface area contributed by atoms with Crippen LogP contribution in [0.1, 0.15) is 87.6 Å². The highest BCUT2D eigenvalue weighted by molar-refractivity contribution is 5.95. The van der Waals surface area contributed by atoms with Crippen molar-refractivity contribution in [3.8, 4) is 22.3 Å². The maximum atomic E-state index is 15.9. The van der Waals surface area contributed by atoms with Crippen molar-refractivity contribution >= 4 is 5.97 Å². The van der Waals surface area contributed by atoms with E-state index in [2.05, 4.69) is 13.8 Å². The van der Waals surface area contributed by atoms with Crippen molar-refractivity contribution in [2.24, 2.45) is 0 Å². The fourth-order valence-corrected chi connectivity index (χ4v) is 4.43. The SMILES string of the molecule is CCCCCCCc1ccc(-c2c(-c3ccccc3)ccc(C(=O)OOCCCCCC)c2F)c(F)c1. The second-order valence-electron chi connectivity index (χ2n) is 9.45. The van der Waals surface area contributed by atoms with Gasteiger partial charge in [0.15, 0.2) is 0 Å². The molecule has 3 aromatic rings. The molecular formula is C32H38F2O3. The Labute approximate surface area is 219 Å². The normalized spacial score (nSPS) is 11.0. The lowest BCUT2D eigenvalue weighted by Gasteiger charge is -2.15. The number of hydrogen-bond donors (Lipinski definition) is 0. The molecule has 0 saturated carbocycles. The third-order valence-electron chi connectivity index (χ3n) is 6.53. The quantitative estimate of drug-likeness (QED) is 0.116. The van der Waals surface area contributed by atoms with Gasteiger partial charge in [-0.2, -0.15) is 4.89 Å². The molecule has 0 heterocycles. The number of hydrogen-bond acceptors (Lipinski definition) is 3. The highest BCUT2D eigenvalue weighted by Gasteiger charge is 2.24. The fourth-order valence-electron chi connectivity index (χ4n) is 4.43. The molecule has 0 saturated heterocycles. The molecule has 0 fully saturated rings. The molecule has 0 aromatic heterocycles. The molecule has 3 nitrogen and oxygen atoms in total. The van der Waals surface area contributed by atoms with Crippen LogP contribution < -0.4 is 0 Å². The monoisotopic (exact) mass is 508 g/mol. The molecule has 37 heavy (non-hydrogen) atoms. The van der Waals surface area contributed by atoms with Crippen molar-refractivity contribution in [3.63, 3.8) is 0 Å². The summed E-state index contributed by atoms with van der Waals surface area (Å²) in [4.78, 5) is 22.5. The summed E-state index contributed by atoms with van der Waals surface area (Å²) in [7, 11) is 0. The first-order valence-corrected chi connectivity index (χ1v) is 13.6. The number of benzene rings is 3. The van der Waals surface area contributed by atoms with E-state index in [0.29, 0.717) is 5.56 Å². The Balaban J connectivity index is 1.87. The Kier molecular flexibility index (Phi) is 11.8. The lowest BCUT2D eigenvalue weighted by molar-refractivity contribution is -0.241. The van der Waals surface area contributed by atoms with Crippen molar-refractivity contribution < 1.29 is 23.4 Å². The smallest absolute Gasteiger partial charge is 0.293 e. The zero-order chi connectivity index (χ0) is 26.5. The Bertz CT molecular complexity index is 1130. The van der Waals surface area contributed by atoms with E-state index in [4.69, 9.17) is 9.78 Å². The number of aryl methyl sites for hydroxylation is 1. The molecule has 0 bridgehead atoms. The van der Waals surface area contributed by atoms with Gasteiger partial charge in [-0.25, -0.2) is 13.6 Å². The molecule has 0 unspecified atom stereocenters.